The molecule has 2 N–H and O–H groups in total. The molecular formula is C22H19N11O3. The van der Waals surface area contributed by atoms with Crippen LogP contribution in [0.25, 0.3) is 11.5 Å². The van der Waals surface area contributed by atoms with Crippen LogP contribution in [0, 0.1) is 0 Å². The average molecular weight is 485 g/mol. The van der Waals surface area contributed by atoms with E-state index in [4.69, 9.17) is 0 Å². The minimum atomic E-state index is -0.437. The van der Waals surface area contributed by atoms with E-state index in [2.05, 4.69) is 35.8 Å². The van der Waals surface area contributed by atoms with Crippen molar-refractivity contribution < 1.29 is 9.59 Å². The molecule has 0 fully saturated rings. The van der Waals surface area contributed by atoms with E-state index in [0.717, 1.165) is 15.9 Å². The second-order valence-corrected chi connectivity index (χ2v) is 8.23. The van der Waals surface area contributed by atoms with Crippen molar-refractivity contribution in [1.82, 2.24) is 49.3 Å². The van der Waals surface area contributed by atoms with Crippen LogP contribution in [0.2, 0.25) is 0 Å². The Balaban J connectivity index is 1.26. The first kappa shape index (κ1) is 21.4. The molecule has 36 heavy (non-hydrogen) atoms. The van der Waals surface area contributed by atoms with Crippen molar-refractivity contribution in [3.63, 3.8) is 0 Å². The summed E-state index contributed by atoms with van der Waals surface area (Å²) in [5.41, 5.74) is 2.63. The minimum Gasteiger partial charge on any atom is -0.332 e. The Bertz CT molecular complexity index is 1680. The highest BCUT2D eigenvalue weighted by molar-refractivity contribution is 6.04. The molecule has 0 unspecified atom stereocenters. The number of hydrogen-bond donors (Lipinski definition) is 2. The summed E-state index contributed by atoms with van der Waals surface area (Å²) in [6, 6.07) is 8.37. The standard InChI is InChI=1S/C22H19N11O3/c1-30-19(20(35)26-13-3-2-4-14(9-13)32-8-6-24-29-32)15-11-31(7-5-16(15)28-30)21(36)17-10-18(34)33-22(27-17)23-12-25-33/h2-4,6,8-10,12H,5,7,11H2,1H3,(H,26,35)(H,23,25,27). The number of hydrogen-bond acceptors (Lipinski definition) is 8. The molecular weight excluding hydrogens is 466 g/mol. The maximum Gasteiger partial charge on any atom is 0.274 e. The first-order chi connectivity index (χ1) is 17.5. The molecule has 0 saturated carbocycles. The van der Waals surface area contributed by atoms with E-state index in [1.807, 2.05) is 6.07 Å². The summed E-state index contributed by atoms with van der Waals surface area (Å²) in [6.07, 6.45) is 5.07. The predicted octanol–water partition coefficient (Wildman–Crippen LogP) is 0.183. The molecule has 0 radical (unpaired) electrons. The van der Waals surface area contributed by atoms with Gasteiger partial charge >= 0.3 is 0 Å². The van der Waals surface area contributed by atoms with Crippen LogP contribution in [0.3, 0.4) is 0 Å². The first-order valence-corrected chi connectivity index (χ1v) is 11.0. The van der Waals surface area contributed by atoms with E-state index in [1.54, 1.807) is 47.2 Å². The van der Waals surface area contributed by atoms with Gasteiger partial charge in [0.25, 0.3) is 23.2 Å². The van der Waals surface area contributed by atoms with Crippen molar-refractivity contribution in [1.29, 1.82) is 0 Å². The van der Waals surface area contributed by atoms with Gasteiger partial charge in [0.05, 0.1) is 30.3 Å². The lowest BCUT2D eigenvalue weighted by Gasteiger charge is -2.26. The molecule has 0 aliphatic carbocycles. The lowest BCUT2D eigenvalue weighted by atomic mass is 10.0. The highest BCUT2D eigenvalue weighted by atomic mass is 16.2. The van der Waals surface area contributed by atoms with Gasteiger partial charge in [0.1, 0.15) is 17.7 Å². The molecule has 1 aromatic carbocycles. The number of H-pyrrole nitrogens is 1. The minimum absolute atomic E-state index is 0.00429. The van der Waals surface area contributed by atoms with Crippen LogP contribution in [-0.4, -0.2) is 67.6 Å². The van der Waals surface area contributed by atoms with Gasteiger partial charge in [0.15, 0.2) is 0 Å². The third-order valence-electron chi connectivity index (χ3n) is 5.98. The second-order valence-electron chi connectivity index (χ2n) is 8.23. The highest BCUT2D eigenvalue weighted by Crippen LogP contribution is 2.24. The number of amides is 2. The number of rotatable bonds is 4. The molecule has 14 nitrogen and oxygen atoms in total. The number of nitrogens with one attached hydrogen (secondary N) is 2. The van der Waals surface area contributed by atoms with Gasteiger partial charge in [-0.25, -0.2) is 14.6 Å². The number of carbonyl (C=O) groups is 2. The molecule has 6 rings (SSSR count). The number of anilines is 1. The molecule has 5 heterocycles. The van der Waals surface area contributed by atoms with Gasteiger partial charge in [-0.2, -0.15) is 9.61 Å². The van der Waals surface area contributed by atoms with Gasteiger partial charge in [-0.05, 0) is 18.2 Å². The molecule has 0 atom stereocenters. The summed E-state index contributed by atoms with van der Waals surface area (Å²) in [4.78, 5) is 48.5. The Hall–Kier alpha value is -5.14. The smallest absolute Gasteiger partial charge is 0.274 e. The van der Waals surface area contributed by atoms with E-state index >= 15 is 0 Å². The summed E-state index contributed by atoms with van der Waals surface area (Å²) < 4.78 is 4.26. The first-order valence-electron chi connectivity index (χ1n) is 11.0. The quantitative estimate of drug-likeness (QED) is 0.364. The second kappa shape index (κ2) is 8.26. The predicted molar refractivity (Wildman–Crippen MR) is 125 cm³/mol. The molecule has 1 aliphatic heterocycles. The van der Waals surface area contributed by atoms with Gasteiger partial charge in [0.2, 0.25) is 0 Å². The third kappa shape index (κ3) is 3.60. The van der Waals surface area contributed by atoms with Crippen molar-refractivity contribution in [3.05, 3.63) is 82.1 Å². The maximum absolute atomic E-state index is 13.3. The summed E-state index contributed by atoms with van der Waals surface area (Å²) >= 11 is 0. The molecule has 14 heteroatoms. The van der Waals surface area contributed by atoms with E-state index in [9.17, 15) is 14.4 Å². The van der Waals surface area contributed by atoms with Crippen molar-refractivity contribution in [2.75, 3.05) is 11.9 Å². The van der Waals surface area contributed by atoms with Crippen molar-refractivity contribution >= 4 is 23.3 Å². The van der Waals surface area contributed by atoms with Gasteiger partial charge < -0.3 is 10.2 Å². The molecule has 0 spiro atoms. The van der Waals surface area contributed by atoms with Gasteiger partial charge in [-0.3, -0.25) is 24.2 Å². The number of fused-ring (bicyclic) bond motifs is 2. The Kier molecular flexibility index (Phi) is 4.91. The number of nitrogens with zero attached hydrogens (tertiary/aromatic N) is 9. The largest absolute Gasteiger partial charge is 0.332 e. The maximum atomic E-state index is 13.3. The number of benzene rings is 1. The summed E-state index contributed by atoms with van der Waals surface area (Å²) in [7, 11) is 1.69. The lowest BCUT2D eigenvalue weighted by Crippen LogP contribution is -2.37. The molecule has 180 valence electrons. The van der Waals surface area contributed by atoms with Gasteiger partial charge in [-0.1, -0.05) is 11.3 Å². The van der Waals surface area contributed by atoms with Gasteiger partial charge in [0, 0.05) is 37.3 Å². The van der Waals surface area contributed by atoms with Crippen LogP contribution in [0.1, 0.15) is 32.2 Å². The van der Waals surface area contributed by atoms with Crippen LogP contribution in [0.4, 0.5) is 5.69 Å². The van der Waals surface area contributed by atoms with Crippen LogP contribution in [0.15, 0.2) is 53.8 Å². The highest BCUT2D eigenvalue weighted by Gasteiger charge is 2.30. The number of aryl methyl sites for hydroxylation is 1. The fourth-order valence-corrected chi connectivity index (χ4v) is 4.31. The fourth-order valence-electron chi connectivity index (χ4n) is 4.31. The van der Waals surface area contributed by atoms with Crippen molar-refractivity contribution in [2.45, 2.75) is 13.0 Å². The van der Waals surface area contributed by atoms with E-state index in [1.165, 1.54) is 17.1 Å². The Morgan fingerprint density at radius 1 is 1.19 bits per heavy atom. The topological polar surface area (TPSA) is 161 Å². The molecule has 5 aromatic rings. The van der Waals surface area contributed by atoms with E-state index in [-0.39, 0.29) is 23.9 Å². The summed E-state index contributed by atoms with van der Waals surface area (Å²) in [5.74, 6) is -0.664. The van der Waals surface area contributed by atoms with E-state index < -0.39 is 11.5 Å². The third-order valence-corrected chi connectivity index (χ3v) is 5.98. The van der Waals surface area contributed by atoms with E-state index in [0.29, 0.717) is 29.9 Å². The van der Waals surface area contributed by atoms with Crippen molar-refractivity contribution in [2.24, 2.45) is 7.05 Å². The zero-order valence-corrected chi connectivity index (χ0v) is 19.0. The molecule has 0 bridgehead atoms. The zero-order valence-electron chi connectivity index (χ0n) is 19.0. The Labute approximate surface area is 202 Å². The normalized spacial score (nSPS) is 13.1. The summed E-state index contributed by atoms with van der Waals surface area (Å²) in [6.45, 7) is 0.539. The Morgan fingerprint density at radius 2 is 2.08 bits per heavy atom. The van der Waals surface area contributed by atoms with Crippen LogP contribution in [0.5, 0.6) is 0 Å². The SMILES string of the molecule is Cn1nc2c(c1C(=O)Nc1cccc(-n3ccnn3)c1)CN(C(=O)c1cc(=O)n3[nH]cnc3n1)CC2. The monoisotopic (exact) mass is 485 g/mol. The summed E-state index contributed by atoms with van der Waals surface area (Å²) in [5, 5.41) is 17.8. The molecule has 0 saturated heterocycles. The fraction of sp³-hybridized carbons (Fsp3) is 0.182. The van der Waals surface area contributed by atoms with Crippen LogP contribution in [-0.2, 0) is 20.0 Å². The molecule has 1 aliphatic rings. The van der Waals surface area contributed by atoms with Crippen LogP contribution < -0.4 is 10.9 Å². The van der Waals surface area contributed by atoms with Crippen LogP contribution >= 0.6 is 0 Å². The Morgan fingerprint density at radius 3 is 2.92 bits per heavy atom. The van der Waals surface area contributed by atoms with Crippen molar-refractivity contribution in [3.8, 4) is 5.69 Å². The average Bonchev–Trinajstić information content (AvgIpc) is 3.62. The molecule has 4 aromatic heterocycles. The van der Waals surface area contributed by atoms with Gasteiger partial charge in [-0.15, -0.1) is 5.10 Å². The lowest BCUT2D eigenvalue weighted by molar-refractivity contribution is 0.0726. The zero-order chi connectivity index (χ0) is 24.8. The number of aromatic amines is 1. The number of carbonyl (C=O) groups excluding carboxylic acids is 2. The molecule has 2 amide bonds. The number of aromatic nitrogens is 9.